The zero-order valence-corrected chi connectivity index (χ0v) is 19.4. The third-order valence-electron chi connectivity index (χ3n) is 6.14. The Morgan fingerprint density at radius 3 is 2.78 bits per heavy atom. The maximum atomic E-state index is 12.9. The smallest absolute Gasteiger partial charge is 0.288 e. The molecule has 3 N–H and O–H groups in total. The van der Waals surface area contributed by atoms with E-state index in [9.17, 15) is 14.4 Å². The van der Waals surface area contributed by atoms with Crippen LogP contribution in [-0.4, -0.2) is 70.2 Å². The van der Waals surface area contributed by atoms with Gasteiger partial charge in [-0.05, 0) is 18.9 Å². The van der Waals surface area contributed by atoms with E-state index in [0.717, 1.165) is 24.2 Å². The number of ether oxygens (including phenoxy) is 1. The van der Waals surface area contributed by atoms with E-state index >= 15 is 0 Å². The number of nitrogens with one attached hydrogen (secondary N) is 1. The van der Waals surface area contributed by atoms with Gasteiger partial charge in [0, 0.05) is 37.6 Å². The van der Waals surface area contributed by atoms with Gasteiger partial charge in [0.25, 0.3) is 11.8 Å². The highest BCUT2D eigenvalue weighted by Gasteiger charge is 2.46. The summed E-state index contributed by atoms with van der Waals surface area (Å²) in [6.07, 6.45) is 2.96. The second-order valence-electron chi connectivity index (χ2n) is 8.03. The van der Waals surface area contributed by atoms with E-state index in [0.29, 0.717) is 47.1 Å². The van der Waals surface area contributed by atoms with E-state index in [2.05, 4.69) is 15.4 Å². The SMILES string of the molecule is NC(=O)c1ncn(CC(=O)N2CCC3(CCOC3)C(CNC(=O)c3cc(Cl)sc3Cl)C2)n1. The number of rotatable bonds is 6. The molecule has 0 aliphatic carbocycles. The number of aromatic nitrogens is 3. The van der Waals surface area contributed by atoms with Gasteiger partial charge in [-0.3, -0.25) is 14.4 Å². The maximum absolute atomic E-state index is 12.9. The summed E-state index contributed by atoms with van der Waals surface area (Å²) in [6.45, 7) is 2.65. The lowest BCUT2D eigenvalue weighted by Crippen LogP contribution is -2.53. The van der Waals surface area contributed by atoms with Gasteiger partial charge < -0.3 is 20.7 Å². The molecular formula is C19H22Cl2N6O4S. The normalized spacial score (nSPS) is 22.9. The monoisotopic (exact) mass is 500 g/mol. The van der Waals surface area contributed by atoms with E-state index in [1.165, 1.54) is 11.0 Å². The Morgan fingerprint density at radius 2 is 2.16 bits per heavy atom. The minimum Gasteiger partial charge on any atom is -0.381 e. The lowest BCUT2D eigenvalue weighted by atomic mass is 9.69. The largest absolute Gasteiger partial charge is 0.381 e. The first-order chi connectivity index (χ1) is 15.3. The first-order valence-electron chi connectivity index (χ1n) is 10.1. The number of thiophene rings is 1. The lowest BCUT2D eigenvalue weighted by Gasteiger charge is -2.45. The van der Waals surface area contributed by atoms with Gasteiger partial charge in [-0.1, -0.05) is 23.2 Å². The number of nitrogens with zero attached hydrogens (tertiary/aromatic N) is 4. The van der Waals surface area contributed by atoms with Crippen molar-refractivity contribution in [2.75, 3.05) is 32.8 Å². The average Bonchev–Trinajstić information content (AvgIpc) is 3.48. The zero-order chi connectivity index (χ0) is 22.9. The minimum atomic E-state index is -0.750. The van der Waals surface area contributed by atoms with Crippen molar-refractivity contribution in [2.24, 2.45) is 17.1 Å². The first-order valence-corrected chi connectivity index (χ1v) is 11.6. The Kier molecular flexibility index (Phi) is 6.70. The Hall–Kier alpha value is -2.21. The third kappa shape index (κ3) is 4.75. The fraction of sp³-hybridized carbons (Fsp3) is 0.526. The number of hydrogen-bond acceptors (Lipinski definition) is 7. The van der Waals surface area contributed by atoms with Crippen LogP contribution in [0.15, 0.2) is 12.4 Å². The molecule has 1 spiro atoms. The van der Waals surface area contributed by atoms with E-state index in [1.54, 1.807) is 11.0 Å². The Morgan fingerprint density at radius 1 is 1.34 bits per heavy atom. The fourth-order valence-electron chi connectivity index (χ4n) is 4.29. The molecule has 13 heteroatoms. The van der Waals surface area contributed by atoms with Crippen LogP contribution < -0.4 is 11.1 Å². The van der Waals surface area contributed by atoms with Crippen molar-refractivity contribution in [2.45, 2.75) is 19.4 Å². The standard InChI is InChI=1S/C19H22Cl2N6O4S/c20-13-5-12(15(21)32-13)18(30)23-6-11-7-26(3-1-19(11)2-4-31-9-19)14(28)8-27-10-24-17(25-27)16(22)29/h5,10-11H,1-4,6-9H2,(H2,22,29)(H,23,30). The van der Waals surface area contributed by atoms with Crippen LogP contribution in [0.5, 0.6) is 0 Å². The Balaban J connectivity index is 1.42. The molecule has 10 nitrogen and oxygen atoms in total. The van der Waals surface area contributed by atoms with Gasteiger partial charge >= 0.3 is 0 Å². The van der Waals surface area contributed by atoms with Crippen LogP contribution in [0, 0.1) is 11.3 Å². The topological polar surface area (TPSA) is 132 Å². The molecule has 2 aromatic heterocycles. The highest BCUT2D eigenvalue weighted by molar-refractivity contribution is 7.20. The van der Waals surface area contributed by atoms with Crippen LogP contribution >= 0.6 is 34.5 Å². The molecule has 32 heavy (non-hydrogen) atoms. The van der Waals surface area contributed by atoms with Gasteiger partial charge in [0.2, 0.25) is 11.7 Å². The number of likely N-dealkylation sites (tertiary alicyclic amines) is 1. The molecule has 0 saturated carbocycles. The predicted octanol–water partition coefficient (Wildman–Crippen LogP) is 1.43. The molecule has 2 aromatic rings. The summed E-state index contributed by atoms with van der Waals surface area (Å²) in [6, 6.07) is 1.55. The summed E-state index contributed by atoms with van der Waals surface area (Å²) >= 11 is 13.2. The van der Waals surface area contributed by atoms with Crippen molar-refractivity contribution in [3.63, 3.8) is 0 Å². The minimum absolute atomic E-state index is 0.0106. The number of piperidine rings is 1. The Bertz CT molecular complexity index is 1030. The predicted molar refractivity (Wildman–Crippen MR) is 118 cm³/mol. The highest BCUT2D eigenvalue weighted by Crippen LogP contribution is 2.43. The number of primary amides is 1. The number of hydrogen-bond donors (Lipinski definition) is 2. The van der Waals surface area contributed by atoms with E-state index in [1.807, 2.05) is 0 Å². The fourth-order valence-corrected chi connectivity index (χ4v) is 5.75. The number of nitrogens with two attached hydrogens (primary N) is 1. The third-order valence-corrected chi connectivity index (χ3v) is 7.62. The summed E-state index contributed by atoms with van der Waals surface area (Å²) in [5.41, 5.74) is 5.42. The van der Waals surface area contributed by atoms with Gasteiger partial charge in [0.05, 0.1) is 16.5 Å². The molecule has 2 atom stereocenters. The number of halogens is 2. The van der Waals surface area contributed by atoms with Crippen molar-refractivity contribution in [3.8, 4) is 0 Å². The Labute approximate surface area is 198 Å². The van der Waals surface area contributed by atoms with Crippen LogP contribution in [0.4, 0.5) is 0 Å². The van der Waals surface area contributed by atoms with Crippen LogP contribution in [0.3, 0.4) is 0 Å². The van der Waals surface area contributed by atoms with Gasteiger partial charge in [-0.25, -0.2) is 9.67 Å². The molecule has 2 saturated heterocycles. The van der Waals surface area contributed by atoms with E-state index in [-0.39, 0.29) is 35.5 Å². The van der Waals surface area contributed by atoms with Gasteiger partial charge in [-0.2, -0.15) is 0 Å². The molecule has 4 rings (SSSR count). The van der Waals surface area contributed by atoms with Crippen molar-refractivity contribution in [1.29, 1.82) is 0 Å². The van der Waals surface area contributed by atoms with Crippen molar-refractivity contribution >= 4 is 52.3 Å². The quantitative estimate of drug-likeness (QED) is 0.616. The number of carbonyl (C=O) groups is 3. The molecular weight excluding hydrogens is 479 g/mol. The molecule has 3 amide bonds. The van der Waals surface area contributed by atoms with Crippen molar-refractivity contribution in [1.82, 2.24) is 25.0 Å². The second kappa shape index (κ2) is 9.34. The summed E-state index contributed by atoms with van der Waals surface area (Å²) < 4.78 is 7.77. The zero-order valence-electron chi connectivity index (χ0n) is 17.1. The number of carbonyl (C=O) groups excluding carboxylic acids is 3. The molecule has 4 heterocycles. The summed E-state index contributed by atoms with van der Waals surface area (Å²) in [7, 11) is 0. The van der Waals surface area contributed by atoms with Gasteiger partial charge in [0.15, 0.2) is 0 Å². The molecule has 2 aliphatic heterocycles. The average molecular weight is 501 g/mol. The lowest BCUT2D eigenvalue weighted by molar-refractivity contribution is -0.136. The van der Waals surface area contributed by atoms with Crippen LogP contribution in [0.25, 0.3) is 0 Å². The number of amides is 3. The molecule has 2 aliphatic rings. The van der Waals surface area contributed by atoms with Crippen LogP contribution in [0.1, 0.15) is 33.8 Å². The van der Waals surface area contributed by atoms with Crippen LogP contribution in [-0.2, 0) is 16.1 Å². The van der Waals surface area contributed by atoms with Crippen LogP contribution in [0.2, 0.25) is 8.67 Å². The van der Waals surface area contributed by atoms with Gasteiger partial charge in [-0.15, -0.1) is 16.4 Å². The molecule has 172 valence electrons. The van der Waals surface area contributed by atoms with Gasteiger partial charge in [0.1, 0.15) is 17.2 Å². The van der Waals surface area contributed by atoms with E-state index in [4.69, 9.17) is 33.7 Å². The summed E-state index contributed by atoms with van der Waals surface area (Å²) in [5.74, 6) is -1.32. The molecule has 0 aromatic carbocycles. The second-order valence-corrected chi connectivity index (χ2v) is 10.3. The maximum Gasteiger partial charge on any atom is 0.288 e. The summed E-state index contributed by atoms with van der Waals surface area (Å²) in [5, 5.41) is 6.87. The summed E-state index contributed by atoms with van der Waals surface area (Å²) in [4.78, 5) is 42.2. The highest BCUT2D eigenvalue weighted by atomic mass is 35.5. The molecule has 0 radical (unpaired) electrons. The molecule has 0 bridgehead atoms. The van der Waals surface area contributed by atoms with Crippen molar-refractivity contribution in [3.05, 3.63) is 32.5 Å². The molecule has 2 fully saturated rings. The van der Waals surface area contributed by atoms with Crippen molar-refractivity contribution < 1.29 is 19.1 Å². The van der Waals surface area contributed by atoms with E-state index < -0.39 is 5.91 Å². The molecule has 2 unspecified atom stereocenters. The first kappa shape index (κ1) is 23.0.